The Morgan fingerprint density at radius 2 is 1.69 bits per heavy atom. The highest BCUT2D eigenvalue weighted by molar-refractivity contribution is 5.25. The van der Waals surface area contributed by atoms with Crippen LogP contribution in [0.1, 0.15) is 56.1 Å². The van der Waals surface area contributed by atoms with Crippen molar-refractivity contribution in [1.82, 2.24) is 0 Å². The largest absolute Gasteiger partial charge is 0.393 e. The molecular weight excluding hydrogens is 196 g/mol. The minimum Gasteiger partial charge on any atom is -0.393 e. The molecule has 0 unspecified atom stereocenters. The van der Waals surface area contributed by atoms with Gasteiger partial charge in [0.2, 0.25) is 0 Å². The van der Waals surface area contributed by atoms with Gasteiger partial charge in [-0.05, 0) is 49.1 Å². The van der Waals surface area contributed by atoms with Crippen LogP contribution in [-0.4, -0.2) is 11.2 Å². The maximum atomic E-state index is 9.49. The molecule has 0 atom stereocenters. The lowest BCUT2D eigenvalue weighted by molar-refractivity contribution is 0.122. The standard InChI is InChI=1S/C15H22O/c1-2-3-12-4-6-13(7-5-12)14-8-10-15(16)11-9-14/h4-7,14-16H,2-3,8-11H2,1H3/t14-,15-. The number of aryl methyl sites for hydroxylation is 1. The number of rotatable bonds is 3. The molecule has 0 spiro atoms. The van der Waals surface area contributed by atoms with Crippen molar-refractivity contribution in [3.63, 3.8) is 0 Å². The van der Waals surface area contributed by atoms with Crippen molar-refractivity contribution in [2.75, 3.05) is 0 Å². The molecule has 1 aliphatic rings. The molecule has 88 valence electrons. The second kappa shape index (κ2) is 5.49. The first-order chi connectivity index (χ1) is 7.79. The molecule has 1 N–H and O–H groups in total. The summed E-state index contributed by atoms with van der Waals surface area (Å²) in [6.07, 6.45) is 6.60. The molecule has 2 rings (SSSR count). The Balaban J connectivity index is 1.98. The van der Waals surface area contributed by atoms with E-state index in [-0.39, 0.29) is 6.10 Å². The summed E-state index contributed by atoms with van der Waals surface area (Å²) in [4.78, 5) is 0. The molecule has 0 amide bonds. The zero-order valence-electron chi connectivity index (χ0n) is 10.2. The maximum absolute atomic E-state index is 9.49. The van der Waals surface area contributed by atoms with Gasteiger partial charge in [0.05, 0.1) is 6.10 Å². The number of hydrogen-bond acceptors (Lipinski definition) is 1. The van der Waals surface area contributed by atoms with Crippen molar-refractivity contribution < 1.29 is 5.11 Å². The average molecular weight is 218 g/mol. The van der Waals surface area contributed by atoms with Crippen molar-refractivity contribution in [1.29, 1.82) is 0 Å². The zero-order valence-corrected chi connectivity index (χ0v) is 10.2. The monoisotopic (exact) mass is 218 g/mol. The number of hydrogen-bond donors (Lipinski definition) is 1. The predicted molar refractivity (Wildman–Crippen MR) is 67.7 cm³/mol. The summed E-state index contributed by atoms with van der Waals surface area (Å²) in [7, 11) is 0. The van der Waals surface area contributed by atoms with Crippen LogP contribution in [0.15, 0.2) is 24.3 Å². The molecule has 0 heterocycles. The van der Waals surface area contributed by atoms with Gasteiger partial charge in [-0.2, -0.15) is 0 Å². The number of aliphatic hydroxyl groups excluding tert-OH is 1. The van der Waals surface area contributed by atoms with Crippen LogP contribution in [0.4, 0.5) is 0 Å². The van der Waals surface area contributed by atoms with Crippen LogP contribution in [0.5, 0.6) is 0 Å². The average Bonchev–Trinajstić information content (AvgIpc) is 2.32. The molecule has 1 aromatic carbocycles. The minimum atomic E-state index is -0.0457. The quantitative estimate of drug-likeness (QED) is 0.821. The van der Waals surface area contributed by atoms with Gasteiger partial charge in [-0.3, -0.25) is 0 Å². The topological polar surface area (TPSA) is 20.2 Å². The van der Waals surface area contributed by atoms with E-state index in [9.17, 15) is 5.11 Å². The molecule has 1 saturated carbocycles. The highest BCUT2D eigenvalue weighted by Gasteiger charge is 2.20. The van der Waals surface area contributed by atoms with Crippen molar-refractivity contribution in [2.24, 2.45) is 0 Å². The Bertz CT molecular complexity index is 307. The van der Waals surface area contributed by atoms with Gasteiger partial charge in [0.1, 0.15) is 0 Å². The fourth-order valence-corrected chi connectivity index (χ4v) is 2.65. The van der Waals surface area contributed by atoms with Gasteiger partial charge in [-0.1, -0.05) is 37.6 Å². The van der Waals surface area contributed by atoms with E-state index in [4.69, 9.17) is 0 Å². The molecule has 0 aliphatic heterocycles. The Morgan fingerprint density at radius 1 is 1.06 bits per heavy atom. The van der Waals surface area contributed by atoms with Gasteiger partial charge in [0.15, 0.2) is 0 Å². The second-order valence-corrected chi connectivity index (χ2v) is 5.00. The lowest BCUT2D eigenvalue weighted by atomic mass is 9.82. The third-order valence-corrected chi connectivity index (χ3v) is 3.69. The highest BCUT2D eigenvalue weighted by atomic mass is 16.3. The predicted octanol–water partition coefficient (Wildman–Crippen LogP) is 3.66. The van der Waals surface area contributed by atoms with Crippen LogP contribution in [0.2, 0.25) is 0 Å². The number of benzene rings is 1. The Morgan fingerprint density at radius 3 is 2.25 bits per heavy atom. The van der Waals surface area contributed by atoms with Crippen LogP contribution >= 0.6 is 0 Å². The first-order valence-corrected chi connectivity index (χ1v) is 6.56. The normalized spacial score (nSPS) is 25.6. The molecule has 1 aliphatic carbocycles. The molecule has 1 nitrogen and oxygen atoms in total. The summed E-state index contributed by atoms with van der Waals surface area (Å²) in [6.45, 7) is 2.22. The van der Waals surface area contributed by atoms with Crippen LogP contribution < -0.4 is 0 Å². The van der Waals surface area contributed by atoms with E-state index in [1.165, 1.54) is 24.0 Å². The minimum absolute atomic E-state index is 0.0457. The summed E-state index contributed by atoms with van der Waals surface area (Å²) < 4.78 is 0. The first kappa shape index (κ1) is 11.7. The van der Waals surface area contributed by atoms with Crippen LogP contribution in [0, 0.1) is 0 Å². The third-order valence-electron chi connectivity index (χ3n) is 3.69. The summed E-state index contributed by atoms with van der Waals surface area (Å²) in [5.41, 5.74) is 2.91. The SMILES string of the molecule is CCCc1ccc([C@H]2CC[C@H](O)CC2)cc1. The molecule has 0 radical (unpaired) electrons. The Kier molecular flexibility index (Phi) is 4.00. The highest BCUT2D eigenvalue weighted by Crippen LogP contribution is 2.32. The molecule has 1 heteroatoms. The van der Waals surface area contributed by atoms with Crippen molar-refractivity contribution in [3.05, 3.63) is 35.4 Å². The smallest absolute Gasteiger partial charge is 0.0540 e. The van der Waals surface area contributed by atoms with Crippen LogP contribution in [0.3, 0.4) is 0 Å². The molecule has 0 bridgehead atoms. The van der Waals surface area contributed by atoms with Gasteiger partial charge in [0.25, 0.3) is 0 Å². The summed E-state index contributed by atoms with van der Waals surface area (Å²) in [6, 6.07) is 9.11. The van der Waals surface area contributed by atoms with Gasteiger partial charge >= 0.3 is 0 Å². The van der Waals surface area contributed by atoms with Gasteiger partial charge < -0.3 is 5.11 Å². The van der Waals surface area contributed by atoms with Crippen molar-refractivity contribution in [3.8, 4) is 0 Å². The van der Waals surface area contributed by atoms with E-state index >= 15 is 0 Å². The third kappa shape index (κ3) is 2.85. The lowest BCUT2D eigenvalue weighted by Crippen LogP contribution is -2.16. The Hall–Kier alpha value is -0.820. The summed E-state index contributed by atoms with van der Waals surface area (Å²) in [5.74, 6) is 0.680. The zero-order chi connectivity index (χ0) is 11.4. The second-order valence-electron chi connectivity index (χ2n) is 5.00. The molecule has 16 heavy (non-hydrogen) atoms. The van der Waals surface area contributed by atoms with Gasteiger partial charge in [-0.25, -0.2) is 0 Å². The Labute approximate surface area is 98.5 Å². The van der Waals surface area contributed by atoms with E-state index in [2.05, 4.69) is 31.2 Å². The fourth-order valence-electron chi connectivity index (χ4n) is 2.65. The molecule has 1 fully saturated rings. The molecule has 1 aromatic rings. The fraction of sp³-hybridized carbons (Fsp3) is 0.600. The van der Waals surface area contributed by atoms with Crippen molar-refractivity contribution >= 4 is 0 Å². The van der Waals surface area contributed by atoms with Gasteiger partial charge in [-0.15, -0.1) is 0 Å². The first-order valence-electron chi connectivity index (χ1n) is 6.56. The van der Waals surface area contributed by atoms with E-state index in [0.29, 0.717) is 5.92 Å². The molecular formula is C15H22O. The molecule has 0 saturated heterocycles. The van der Waals surface area contributed by atoms with Crippen LogP contribution in [0.25, 0.3) is 0 Å². The van der Waals surface area contributed by atoms with E-state index in [1.807, 2.05) is 0 Å². The van der Waals surface area contributed by atoms with Crippen LogP contribution in [-0.2, 0) is 6.42 Å². The van der Waals surface area contributed by atoms with Gasteiger partial charge in [0, 0.05) is 0 Å². The number of aliphatic hydroxyl groups is 1. The maximum Gasteiger partial charge on any atom is 0.0540 e. The van der Waals surface area contributed by atoms with E-state index in [0.717, 1.165) is 25.7 Å². The summed E-state index contributed by atoms with van der Waals surface area (Å²) in [5, 5.41) is 9.49. The van der Waals surface area contributed by atoms with Crippen molar-refractivity contribution in [2.45, 2.75) is 57.5 Å². The van der Waals surface area contributed by atoms with E-state index in [1.54, 1.807) is 0 Å². The molecule has 0 aromatic heterocycles. The lowest BCUT2D eigenvalue weighted by Gasteiger charge is -2.25. The summed E-state index contributed by atoms with van der Waals surface area (Å²) >= 11 is 0. The van der Waals surface area contributed by atoms with E-state index < -0.39 is 0 Å².